The number of thiophene rings is 1. The number of hydrogen-bond acceptors (Lipinski definition) is 4. The second-order valence-corrected chi connectivity index (χ2v) is 8.62. The monoisotopic (exact) mass is 374 g/mol. The Morgan fingerprint density at radius 3 is 2.65 bits per heavy atom. The Balaban J connectivity index is 2.21. The van der Waals surface area contributed by atoms with Crippen molar-refractivity contribution in [3.8, 4) is 0 Å². The van der Waals surface area contributed by atoms with Gasteiger partial charge in [-0.25, -0.2) is 13.1 Å². The van der Waals surface area contributed by atoms with Crippen molar-refractivity contribution in [1.82, 2.24) is 4.72 Å². The Kier molecular flexibility index (Phi) is 4.98. The molecule has 0 aliphatic heterocycles. The third-order valence-electron chi connectivity index (χ3n) is 2.84. The van der Waals surface area contributed by atoms with E-state index in [9.17, 15) is 8.42 Å². The molecule has 0 amide bonds. The van der Waals surface area contributed by atoms with Gasteiger partial charge in [0.2, 0.25) is 10.0 Å². The average Bonchev–Trinajstić information content (AvgIpc) is 2.83. The standard InChI is InChI=1S/C13H15BrN2O2S2/c1-9-2-3-10(7-15)6-12(9)20(17,18)16-8-11-4-5-13(14)19-11/h2-6,16H,7-8,15H2,1H3. The summed E-state index contributed by atoms with van der Waals surface area (Å²) >= 11 is 4.86. The van der Waals surface area contributed by atoms with Gasteiger partial charge < -0.3 is 5.73 Å². The van der Waals surface area contributed by atoms with Crippen LogP contribution in [0.3, 0.4) is 0 Å². The molecule has 0 saturated carbocycles. The third-order valence-corrected chi connectivity index (χ3v) is 6.01. The van der Waals surface area contributed by atoms with Gasteiger partial charge in [0.05, 0.1) is 8.68 Å². The molecular formula is C13H15BrN2O2S2. The van der Waals surface area contributed by atoms with Gasteiger partial charge in [0.25, 0.3) is 0 Å². The molecule has 3 N–H and O–H groups in total. The summed E-state index contributed by atoms with van der Waals surface area (Å²) in [6, 6.07) is 9.03. The lowest BCUT2D eigenvalue weighted by molar-refractivity contribution is 0.581. The van der Waals surface area contributed by atoms with E-state index >= 15 is 0 Å². The highest BCUT2D eigenvalue weighted by Gasteiger charge is 2.17. The number of aryl methyl sites for hydroxylation is 1. The average molecular weight is 375 g/mol. The number of hydrogen-bond donors (Lipinski definition) is 2. The Morgan fingerprint density at radius 2 is 2.05 bits per heavy atom. The van der Waals surface area contributed by atoms with Crippen molar-refractivity contribution < 1.29 is 8.42 Å². The molecule has 0 bridgehead atoms. The molecule has 1 aromatic carbocycles. The predicted molar refractivity (Wildman–Crippen MR) is 85.1 cm³/mol. The van der Waals surface area contributed by atoms with Gasteiger partial charge in [-0.3, -0.25) is 0 Å². The maximum Gasteiger partial charge on any atom is 0.241 e. The predicted octanol–water partition coefficient (Wildman–Crippen LogP) is 2.76. The van der Waals surface area contributed by atoms with Gasteiger partial charge in [-0.05, 0) is 52.2 Å². The van der Waals surface area contributed by atoms with E-state index in [-0.39, 0.29) is 11.4 Å². The molecule has 0 atom stereocenters. The molecular weight excluding hydrogens is 360 g/mol. The van der Waals surface area contributed by atoms with E-state index in [2.05, 4.69) is 20.7 Å². The maximum atomic E-state index is 12.3. The molecule has 0 aliphatic rings. The number of nitrogens with two attached hydrogens (primary N) is 1. The summed E-state index contributed by atoms with van der Waals surface area (Å²) in [6.45, 7) is 2.38. The summed E-state index contributed by atoms with van der Waals surface area (Å²) in [7, 11) is -3.53. The fraction of sp³-hybridized carbons (Fsp3) is 0.231. The Morgan fingerprint density at radius 1 is 1.30 bits per heavy atom. The fourth-order valence-electron chi connectivity index (χ4n) is 1.75. The van der Waals surface area contributed by atoms with Crippen molar-refractivity contribution in [3.63, 3.8) is 0 Å². The Labute approximate surface area is 131 Å². The summed E-state index contributed by atoms with van der Waals surface area (Å²) < 4.78 is 28.3. The normalized spacial score (nSPS) is 11.8. The summed E-state index contributed by atoms with van der Waals surface area (Å²) in [6.07, 6.45) is 0. The minimum absolute atomic E-state index is 0.283. The molecule has 7 heteroatoms. The van der Waals surface area contributed by atoms with Crippen molar-refractivity contribution in [2.75, 3.05) is 0 Å². The highest BCUT2D eigenvalue weighted by molar-refractivity contribution is 9.11. The van der Waals surface area contributed by atoms with Gasteiger partial charge in [-0.15, -0.1) is 11.3 Å². The van der Waals surface area contributed by atoms with Gasteiger partial charge in [0.1, 0.15) is 0 Å². The fourth-order valence-corrected chi connectivity index (χ4v) is 4.57. The zero-order valence-electron chi connectivity index (χ0n) is 10.9. The van der Waals surface area contributed by atoms with Crippen LogP contribution in [-0.2, 0) is 23.1 Å². The van der Waals surface area contributed by atoms with Crippen molar-refractivity contribution in [2.24, 2.45) is 5.73 Å². The van der Waals surface area contributed by atoms with Crippen molar-refractivity contribution >= 4 is 37.3 Å². The van der Waals surface area contributed by atoms with E-state index in [1.807, 2.05) is 18.2 Å². The van der Waals surface area contributed by atoms with Crippen LogP contribution in [0, 0.1) is 6.92 Å². The Bertz CT molecular complexity index is 711. The van der Waals surface area contributed by atoms with Crippen LogP contribution in [-0.4, -0.2) is 8.42 Å². The molecule has 0 saturated heterocycles. The molecule has 1 aromatic heterocycles. The minimum atomic E-state index is -3.53. The first-order valence-corrected chi connectivity index (χ1v) is 9.05. The Hall–Kier alpha value is -0.730. The van der Waals surface area contributed by atoms with Crippen molar-refractivity contribution in [1.29, 1.82) is 0 Å². The molecule has 0 aliphatic carbocycles. The smallest absolute Gasteiger partial charge is 0.241 e. The summed E-state index contributed by atoms with van der Waals surface area (Å²) in [5.74, 6) is 0. The van der Waals surface area contributed by atoms with Crippen LogP contribution in [0.1, 0.15) is 16.0 Å². The highest BCUT2D eigenvalue weighted by Crippen LogP contribution is 2.23. The van der Waals surface area contributed by atoms with Gasteiger partial charge in [0, 0.05) is 18.0 Å². The van der Waals surface area contributed by atoms with Crippen LogP contribution in [0.2, 0.25) is 0 Å². The SMILES string of the molecule is Cc1ccc(CN)cc1S(=O)(=O)NCc1ccc(Br)s1. The van der Waals surface area contributed by atoms with Crippen molar-refractivity contribution in [3.05, 3.63) is 50.1 Å². The minimum Gasteiger partial charge on any atom is -0.326 e. The van der Waals surface area contributed by atoms with Crippen LogP contribution in [0.5, 0.6) is 0 Å². The van der Waals surface area contributed by atoms with E-state index < -0.39 is 10.0 Å². The van der Waals surface area contributed by atoms with E-state index in [1.54, 1.807) is 19.1 Å². The van der Waals surface area contributed by atoms with Crippen LogP contribution in [0.25, 0.3) is 0 Å². The molecule has 2 rings (SSSR count). The molecule has 0 radical (unpaired) electrons. The lowest BCUT2D eigenvalue weighted by Gasteiger charge is -2.10. The molecule has 0 fully saturated rings. The second kappa shape index (κ2) is 6.36. The number of sulfonamides is 1. The van der Waals surface area contributed by atoms with E-state index in [4.69, 9.17) is 5.73 Å². The topological polar surface area (TPSA) is 72.2 Å². The number of halogens is 1. The van der Waals surface area contributed by atoms with Gasteiger partial charge in [-0.1, -0.05) is 12.1 Å². The lowest BCUT2D eigenvalue weighted by atomic mass is 10.1. The number of benzene rings is 1. The van der Waals surface area contributed by atoms with Crippen LogP contribution in [0.15, 0.2) is 39.0 Å². The molecule has 4 nitrogen and oxygen atoms in total. The largest absolute Gasteiger partial charge is 0.326 e. The quantitative estimate of drug-likeness (QED) is 0.844. The van der Waals surface area contributed by atoms with E-state index in [0.717, 1.165) is 14.2 Å². The van der Waals surface area contributed by atoms with E-state index in [0.29, 0.717) is 12.1 Å². The first kappa shape index (κ1) is 15.7. The zero-order valence-corrected chi connectivity index (χ0v) is 14.1. The summed E-state index contributed by atoms with van der Waals surface area (Å²) in [5.41, 5.74) is 7.07. The van der Waals surface area contributed by atoms with Gasteiger partial charge in [0.15, 0.2) is 0 Å². The first-order chi connectivity index (χ1) is 9.42. The first-order valence-electron chi connectivity index (χ1n) is 5.96. The molecule has 0 spiro atoms. The number of nitrogens with one attached hydrogen (secondary N) is 1. The summed E-state index contributed by atoms with van der Waals surface area (Å²) in [5, 5.41) is 0. The third kappa shape index (κ3) is 3.67. The van der Waals surface area contributed by atoms with Crippen molar-refractivity contribution in [2.45, 2.75) is 24.9 Å². The summed E-state index contributed by atoms with van der Waals surface area (Å²) in [4.78, 5) is 1.24. The molecule has 1 heterocycles. The molecule has 2 aromatic rings. The molecule has 20 heavy (non-hydrogen) atoms. The van der Waals surface area contributed by atoms with E-state index in [1.165, 1.54) is 11.3 Å². The van der Waals surface area contributed by atoms with Crippen LogP contribution >= 0.6 is 27.3 Å². The van der Waals surface area contributed by atoms with Gasteiger partial charge in [-0.2, -0.15) is 0 Å². The van der Waals surface area contributed by atoms with Gasteiger partial charge >= 0.3 is 0 Å². The number of rotatable bonds is 5. The van der Waals surface area contributed by atoms with Crippen LogP contribution in [0.4, 0.5) is 0 Å². The zero-order chi connectivity index (χ0) is 14.8. The maximum absolute atomic E-state index is 12.3. The van der Waals surface area contributed by atoms with Crippen LogP contribution < -0.4 is 10.5 Å². The molecule has 108 valence electrons. The second-order valence-electron chi connectivity index (χ2n) is 4.33. The molecule has 0 unspecified atom stereocenters. The lowest BCUT2D eigenvalue weighted by Crippen LogP contribution is -2.23. The highest BCUT2D eigenvalue weighted by atomic mass is 79.9.